The summed E-state index contributed by atoms with van der Waals surface area (Å²) < 4.78 is 0. The van der Waals surface area contributed by atoms with Crippen molar-refractivity contribution < 1.29 is 9.59 Å². The smallest absolute Gasteiger partial charge is 0.319 e. The molecule has 38 heavy (non-hydrogen) atoms. The Hall–Kier alpha value is -3.10. The third-order valence-electron chi connectivity index (χ3n) is 5.92. The van der Waals surface area contributed by atoms with Crippen LogP contribution in [0, 0.1) is 0 Å². The maximum Gasteiger partial charge on any atom is 0.319 e. The van der Waals surface area contributed by atoms with E-state index in [4.69, 9.17) is 5.73 Å². The maximum atomic E-state index is 13.1. The number of hydrogen-bond acceptors (Lipinski definition) is 4. The summed E-state index contributed by atoms with van der Waals surface area (Å²) in [6.45, 7) is 1.36. The molecule has 0 aliphatic heterocycles. The molecule has 6 N–H and O–H groups in total. The Labute approximate surface area is 238 Å². The average Bonchev–Trinajstić information content (AvgIpc) is 2.92. The van der Waals surface area contributed by atoms with Gasteiger partial charge in [-0.25, -0.2) is 4.79 Å². The summed E-state index contributed by atoms with van der Waals surface area (Å²) in [5.74, 6) is -0.0641. The van der Waals surface area contributed by atoms with Gasteiger partial charge in [-0.05, 0) is 55.5 Å². The predicted octanol–water partition coefficient (Wildman–Crippen LogP) is 4.67. The molecule has 0 spiro atoms. The number of nitrogens with two attached hydrogens (primary N) is 1. The molecule has 0 fully saturated rings. The lowest BCUT2D eigenvalue weighted by Crippen LogP contribution is -2.52. The van der Waals surface area contributed by atoms with E-state index in [9.17, 15) is 9.59 Å². The van der Waals surface area contributed by atoms with E-state index in [1.807, 2.05) is 78.9 Å². The largest absolute Gasteiger partial charge is 0.351 e. The van der Waals surface area contributed by atoms with Gasteiger partial charge in [0.1, 0.15) is 0 Å². The third-order valence-corrected chi connectivity index (χ3v) is 5.92. The fourth-order valence-electron chi connectivity index (χ4n) is 3.95. The average molecular weight is 561 g/mol. The van der Waals surface area contributed by atoms with Gasteiger partial charge in [-0.2, -0.15) is 0 Å². The molecule has 0 aromatic heterocycles. The first kappa shape index (κ1) is 32.9. The van der Waals surface area contributed by atoms with Crippen LogP contribution in [0.4, 0.5) is 10.5 Å². The number of rotatable bonds is 14. The van der Waals surface area contributed by atoms with Gasteiger partial charge in [0, 0.05) is 24.8 Å². The van der Waals surface area contributed by atoms with E-state index < -0.39 is 6.04 Å². The van der Waals surface area contributed by atoms with E-state index in [0.29, 0.717) is 26.1 Å². The van der Waals surface area contributed by atoms with Crippen LogP contribution in [0.3, 0.4) is 0 Å². The summed E-state index contributed by atoms with van der Waals surface area (Å²) in [7, 11) is 0. The molecular formula is C29H39Cl2N5O2. The first-order valence-electron chi connectivity index (χ1n) is 12.6. The van der Waals surface area contributed by atoms with Gasteiger partial charge in [0.05, 0.1) is 6.04 Å². The van der Waals surface area contributed by atoms with Crippen LogP contribution in [0.1, 0.15) is 30.4 Å². The monoisotopic (exact) mass is 559 g/mol. The van der Waals surface area contributed by atoms with Crippen LogP contribution in [0.25, 0.3) is 0 Å². The molecule has 0 saturated carbocycles. The Kier molecular flexibility index (Phi) is 16.5. The number of amides is 3. The molecule has 0 aliphatic carbocycles. The molecule has 3 rings (SSSR count). The van der Waals surface area contributed by atoms with Gasteiger partial charge in [-0.15, -0.1) is 24.8 Å². The summed E-state index contributed by atoms with van der Waals surface area (Å²) in [5, 5.41) is 12.4. The molecule has 3 aromatic carbocycles. The van der Waals surface area contributed by atoms with E-state index in [1.165, 1.54) is 5.56 Å². The minimum Gasteiger partial charge on any atom is -0.351 e. The first-order valence-corrected chi connectivity index (χ1v) is 12.6. The molecule has 7 nitrogen and oxygen atoms in total. The minimum absolute atomic E-state index is 0. The highest BCUT2D eigenvalue weighted by molar-refractivity contribution is 5.89. The van der Waals surface area contributed by atoms with Crippen molar-refractivity contribution in [3.63, 3.8) is 0 Å². The standard InChI is InChI=1S/C29H37N5O2.2ClH/c30-20-10-17-27(28(35)31-21-24-13-6-2-7-14-24)33-26(19-18-23-11-4-1-5-12-23)22-32-29(36)34-25-15-8-3-9-16-25;;/h1-9,11-16,26-27,33H,10,17-22,30H2,(H,31,35)(H2,32,34,36);2*1H/t26-,27-;;/m0../s1. The second-order valence-electron chi connectivity index (χ2n) is 8.78. The SMILES string of the molecule is Cl.Cl.NCCC[C@H](N[C@@H](CCc1ccccc1)CNC(=O)Nc1ccccc1)C(=O)NCc1ccccc1. The Balaban J connectivity index is 0.00000361. The Morgan fingerprint density at radius 3 is 1.92 bits per heavy atom. The van der Waals surface area contributed by atoms with Crippen LogP contribution in [0.15, 0.2) is 91.0 Å². The van der Waals surface area contributed by atoms with Crippen molar-refractivity contribution in [2.24, 2.45) is 5.73 Å². The van der Waals surface area contributed by atoms with Crippen molar-refractivity contribution in [2.75, 3.05) is 18.4 Å². The number of halogens is 2. The quantitative estimate of drug-likeness (QED) is 0.198. The zero-order chi connectivity index (χ0) is 25.4. The molecule has 0 unspecified atom stereocenters. The zero-order valence-electron chi connectivity index (χ0n) is 21.5. The molecule has 9 heteroatoms. The normalized spacial score (nSPS) is 11.7. The second-order valence-corrected chi connectivity index (χ2v) is 8.78. The summed E-state index contributed by atoms with van der Waals surface area (Å²) in [6, 6.07) is 28.6. The second kappa shape index (κ2) is 19.0. The lowest BCUT2D eigenvalue weighted by atomic mass is 10.0. The van der Waals surface area contributed by atoms with Gasteiger partial charge in [0.25, 0.3) is 0 Å². The van der Waals surface area contributed by atoms with Gasteiger partial charge in [0.2, 0.25) is 5.91 Å². The number of hydrogen-bond donors (Lipinski definition) is 5. The van der Waals surface area contributed by atoms with Crippen molar-refractivity contribution in [2.45, 2.75) is 44.3 Å². The number of urea groups is 1. The van der Waals surface area contributed by atoms with Crippen LogP contribution in [-0.4, -0.2) is 37.1 Å². The van der Waals surface area contributed by atoms with E-state index in [1.54, 1.807) is 0 Å². The molecule has 3 amide bonds. The Bertz CT molecular complexity index is 1040. The molecule has 0 aliphatic rings. The minimum atomic E-state index is -0.406. The van der Waals surface area contributed by atoms with Crippen LogP contribution in [0.5, 0.6) is 0 Å². The topological polar surface area (TPSA) is 108 Å². The molecular weight excluding hydrogens is 521 g/mol. The molecule has 2 atom stereocenters. The van der Waals surface area contributed by atoms with E-state index >= 15 is 0 Å². The summed E-state index contributed by atoms with van der Waals surface area (Å²) in [5.41, 5.74) is 8.74. The van der Waals surface area contributed by atoms with Crippen molar-refractivity contribution >= 4 is 42.4 Å². The molecule has 3 aromatic rings. The van der Waals surface area contributed by atoms with Gasteiger partial charge in [-0.1, -0.05) is 78.9 Å². The predicted molar refractivity (Wildman–Crippen MR) is 160 cm³/mol. The highest BCUT2D eigenvalue weighted by Crippen LogP contribution is 2.09. The Morgan fingerprint density at radius 1 is 0.737 bits per heavy atom. The molecule has 0 bridgehead atoms. The lowest BCUT2D eigenvalue weighted by molar-refractivity contribution is -0.123. The fourth-order valence-corrected chi connectivity index (χ4v) is 3.95. The van der Waals surface area contributed by atoms with Gasteiger partial charge >= 0.3 is 6.03 Å². The highest BCUT2D eigenvalue weighted by Gasteiger charge is 2.22. The zero-order valence-corrected chi connectivity index (χ0v) is 23.1. The number of nitrogens with one attached hydrogen (secondary N) is 4. The lowest BCUT2D eigenvalue weighted by Gasteiger charge is -2.26. The maximum absolute atomic E-state index is 13.1. The molecule has 0 heterocycles. The van der Waals surface area contributed by atoms with E-state index in [-0.39, 0.29) is 42.8 Å². The third kappa shape index (κ3) is 12.4. The van der Waals surface area contributed by atoms with Crippen LogP contribution >= 0.6 is 24.8 Å². The summed E-state index contributed by atoms with van der Waals surface area (Å²) >= 11 is 0. The number of carbonyl (C=O) groups excluding carboxylic acids is 2. The number of para-hydroxylation sites is 1. The summed E-state index contributed by atoms with van der Waals surface area (Å²) in [4.78, 5) is 25.6. The molecule has 206 valence electrons. The Morgan fingerprint density at radius 2 is 1.32 bits per heavy atom. The first-order chi connectivity index (χ1) is 17.6. The number of benzene rings is 3. The number of aryl methyl sites for hydroxylation is 1. The van der Waals surface area contributed by atoms with Gasteiger partial charge < -0.3 is 27.0 Å². The van der Waals surface area contributed by atoms with Crippen molar-refractivity contribution in [3.05, 3.63) is 102 Å². The molecule has 0 radical (unpaired) electrons. The van der Waals surface area contributed by atoms with Crippen LogP contribution in [0.2, 0.25) is 0 Å². The highest BCUT2D eigenvalue weighted by atomic mass is 35.5. The van der Waals surface area contributed by atoms with Crippen LogP contribution in [-0.2, 0) is 17.8 Å². The van der Waals surface area contributed by atoms with E-state index in [0.717, 1.165) is 30.5 Å². The van der Waals surface area contributed by atoms with Crippen LogP contribution < -0.4 is 27.0 Å². The van der Waals surface area contributed by atoms with Crippen molar-refractivity contribution in [1.82, 2.24) is 16.0 Å². The number of anilines is 1. The number of carbonyl (C=O) groups is 2. The van der Waals surface area contributed by atoms with Crippen molar-refractivity contribution in [1.29, 1.82) is 0 Å². The molecule has 0 saturated heterocycles. The van der Waals surface area contributed by atoms with Gasteiger partial charge in [-0.3, -0.25) is 4.79 Å². The van der Waals surface area contributed by atoms with Gasteiger partial charge in [0.15, 0.2) is 0 Å². The van der Waals surface area contributed by atoms with Crippen molar-refractivity contribution in [3.8, 4) is 0 Å². The fraction of sp³-hybridized carbons (Fsp3) is 0.310. The summed E-state index contributed by atoms with van der Waals surface area (Å²) in [6.07, 6.45) is 2.94. The van der Waals surface area contributed by atoms with E-state index in [2.05, 4.69) is 33.4 Å².